The van der Waals surface area contributed by atoms with Crippen LogP contribution in [0.15, 0.2) is 152 Å². The van der Waals surface area contributed by atoms with Gasteiger partial charge >= 0.3 is 0 Å². The van der Waals surface area contributed by atoms with Crippen molar-refractivity contribution in [3.05, 3.63) is 163 Å². The predicted molar refractivity (Wildman–Crippen MR) is 231 cm³/mol. The second-order valence-corrected chi connectivity index (χ2v) is 17.6. The molecule has 0 saturated heterocycles. The van der Waals surface area contributed by atoms with Gasteiger partial charge in [0.15, 0.2) is 0 Å². The number of nitrogens with zero attached hydrogens (tertiary/aromatic N) is 2. The molecule has 3 heterocycles. The Bertz CT molecular complexity index is 2750. The third-order valence-corrected chi connectivity index (χ3v) is 13.2. The summed E-state index contributed by atoms with van der Waals surface area (Å²) in [7, 11) is 0. The van der Waals surface area contributed by atoms with E-state index in [2.05, 4.69) is 189 Å². The van der Waals surface area contributed by atoms with Gasteiger partial charge in [-0.25, -0.2) is 0 Å². The molecule has 7 aromatic carbocycles. The molecule has 3 aliphatic rings. The average molecular weight is 715 g/mol. The van der Waals surface area contributed by atoms with Crippen LogP contribution in [0.1, 0.15) is 45.2 Å². The molecular formula is C49H39BN2OS. The fourth-order valence-electron chi connectivity index (χ4n) is 9.99. The first kappa shape index (κ1) is 31.7. The zero-order valence-corrected chi connectivity index (χ0v) is 31.7. The number of anilines is 6. The van der Waals surface area contributed by atoms with Gasteiger partial charge in [0, 0.05) is 54.3 Å². The minimum absolute atomic E-state index is 0.0524. The zero-order valence-electron chi connectivity index (χ0n) is 30.9. The van der Waals surface area contributed by atoms with Crippen LogP contribution >= 0.6 is 11.3 Å². The summed E-state index contributed by atoms with van der Waals surface area (Å²) >= 11 is 1.89. The van der Waals surface area contributed by atoms with Crippen molar-refractivity contribution in [2.24, 2.45) is 0 Å². The van der Waals surface area contributed by atoms with E-state index in [9.17, 15) is 0 Å². The monoisotopic (exact) mass is 714 g/mol. The summed E-state index contributed by atoms with van der Waals surface area (Å²) in [4.78, 5) is 4.82. The lowest BCUT2D eigenvalue weighted by atomic mass is 9.34. The van der Waals surface area contributed by atoms with Crippen LogP contribution < -0.4 is 30.9 Å². The first-order valence-corrected chi connectivity index (χ1v) is 19.8. The van der Waals surface area contributed by atoms with Crippen LogP contribution in [0.3, 0.4) is 0 Å². The molecule has 11 rings (SSSR count). The SMILES string of the molecule is CC1(C)CC(C)(C)c2cc3c(cc21)Oc1cccc2c1B3c1cc3sc4ccc(N(c5ccccc5)c5ccccc5)cc4c3cc1N2c1ccccc1. The van der Waals surface area contributed by atoms with E-state index in [-0.39, 0.29) is 17.5 Å². The quantitative estimate of drug-likeness (QED) is 0.169. The fourth-order valence-corrected chi connectivity index (χ4v) is 11.1. The van der Waals surface area contributed by atoms with Gasteiger partial charge in [0.05, 0.1) is 0 Å². The molecular weight excluding hydrogens is 675 g/mol. The molecule has 0 bridgehead atoms. The van der Waals surface area contributed by atoms with Crippen LogP contribution in [0.25, 0.3) is 20.2 Å². The second kappa shape index (κ2) is 11.4. The van der Waals surface area contributed by atoms with E-state index in [0.717, 1.165) is 40.7 Å². The largest absolute Gasteiger partial charge is 0.458 e. The first-order valence-electron chi connectivity index (χ1n) is 19.0. The number of para-hydroxylation sites is 3. The third kappa shape index (κ3) is 4.61. The van der Waals surface area contributed by atoms with Crippen LogP contribution in [-0.4, -0.2) is 6.71 Å². The van der Waals surface area contributed by atoms with Crippen LogP contribution in [0, 0.1) is 0 Å². The van der Waals surface area contributed by atoms with Crippen LogP contribution in [0.5, 0.6) is 11.5 Å². The van der Waals surface area contributed by atoms with Gasteiger partial charge in [0.25, 0.3) is 6.71 Å². The van der Waals surface area contributed by atoms with Crippen LogP contribution in [0.2, 0.25) is 0 Å². The summed E-state index contributed by atoms with van der Waals surface area (Å²) in [6.07, 6.45) is 1.12. The Labute approximate surface area is 321 Å². The van der Waals surface area contributed by atoms with Gasteiger partial charge in [0.1, 0.15) is 11.5 Å². The molecule has 8 aromatic rings. The number of fused-ring (bicyclic) bond motifs is 8. The van der Waals surface area contributed by atoms with Crippen molar-refractivity contribution < 1.29 is 4.74 Å². The molecule has 0 fully saturated rings. The smallest absolute Gasteiger partial charge is 0.256 e. The summed E-state index contributed by atoms with van der Waals surface area (Å²) in [5.41, 5.74) is 13.9. The Morgan fingerprint density at radius 3 is 1.91 bits per heavy atom. The summed E-state index contributed by atoms with van der Waals surface area (Å²) in [6.45, 7) is 9.65. The number of hydrogen-bond donors (Lipinski definition) is 0. The molecule has 260 valence electrons. The van der Waals surface area contributed by atoms with Gasteiger partial charge in [-0.3, -0.25) is 0 Å². The molecule has 0 radical (unpaired) electrons. The minimum Gasteiger partial charge on any atom is -0.458 e. The van der Waals surface area contributed by atoms with Crippen LogP contribution in [-0.2, 0) is 10.8 Å². The van der Waals surface area contributed by atoms with Gasteiger partial charge in [-0.1, -0.05) is 94.4 Å². The molecule has 0 amide bonds. The maximum absolute atomic E-state index is 6.93. The average Bonchev–Trinajstić information content (AvgIpc) is 3.62. The van der Waals surface area contributed by atoms with E-state index >= 15 is 0 Å². The molecule has 54 heavy (non-hydrogen) atoms. The predicted octanol–water partition coefficient (Wildman–Crippen LogP) is 11.9. The first-order chi connectivity index (χ1) is 26.2. The van der Waals surface area contributed by atoms with E-state index in [4.69, 9.17) is 4.74 Å². The minimum atomic E-state index is 0.0524. The zero-order chi connectivity index (χ0) is 36.3. The highest BCUT2D eigenvalue weighted by Gasteiger charge is 2.47. The number of benzene rings is 7. The van der Waals surface area contributed by atoms with E-state index in [1.54, 1.807) is 0 Å². The van der Waals surface area contributed by atoms with Gasteiger partial charge in [-0.05, 0) is 130 Å². The molecule has 2 aliphatic heterocycles. The Balaban J connectivity index is 1.17. The van der Waals surface area contributed by atoms with Crippen molar-refractivity contribution in [3.8, 4) is 11.5 Å². The van der Waals surface area contributed by atoms with E-state index in [0.29, 0.717) is 0 Å². The number of ether oxygens (including phenoxy) is 1. The molecule has 1 aliphatic carbocycles. The highest BCUT2D eigenvalue weighted by molar-refractivity contribution is 7.26. The highest BCUT2D eigenvalue weighted by Crippen LogP contribution is 2.51. The van der Waals surface area contributed by atoms with Crippen molar-refractivity contribution in [1.29, 1.82) is 0 Å². The maximum atomic E-state index is 6.93. The molecule has 0 saturated carbocycles. The summed E-state index contributed by atoms with van der Waals surface area (Å²) in [5, 5.41) is 2.55. The van der Waals surface area contributed by atoms with Gasteiger partial charge in [0.2, 0.25) is 0 Å². The third-order valence-electron chi connectivity index (χ3n) is 12.1. The van der Waals surface area contributed by atoms with Crippen molar-refractivity contribution in [2.45, 2.75) is 44.9 Å². The van der Waals surface area contributed by atoms with Crippen molar-refractivity contribution in [1.82, 2.24) is 0 Å². The Hall–Kier alpha value is -5.78. The van der Waals surface area contributed by atoms with Gasteiger partial charge in [-0.2, -0.15) is 0 Å². The normalized spacial score (nSPS) is 15.7. The topological polar surface area (TPSA) is 15.7 Å². The van der Waals surface area contributed by atoms with Crippen molar-refractivity contribution in [3.63, 3.8) is 0 Å². The number of thiophene rings is 1. The summed E-state index contributed by atoms with van der Waals surface area (Å²) < 4.78 is 9.52. The Morgan fingerprint density at radius 2 is 1.20 bits per heavy atom. The second-order valence-electron chi connectivity index (χ2n) is 16.5. The molecule has 0 unspecified atom stereocenters. The van der Waals surface area contributed by atoms with Crippen LogP contribution in [0.4, 0.5) is 34.1 Å². The molecule has 0 N–H and O–H groups in total. The number of hydrogen-bond acceptors (Lipinski definition) is 4. The molecule has 5 heteroatoms. The lowest BCUT2D eigenvalue weighted by Gasteiger charge is -2.40. The maximum Gasteiger partial charge on any atom is 0.256 e. The summed E-state index contributed by atoms with van der Waals surface area (Å²) in [6, 6.07) is 55.6. The standard InChI is InChI=1S/C49H39BN2OS/c1-48(2)30-49(3,4)38-28-44-40(27-37(38)48)50-39-29-46-36(26-42(39)52(33-19-12-7-13-20-33)41-21-14-22-43(53-44)47(41)50)35-25-34(23-24-45(35)54-46)51(31-15-8-5-9-16-31)32-17-10-6-11-18-32/h5-29H,30H2,1-4H3. The van der Waals surface area contributed by atoms with Gasteiger partial charge in [-0.15, -0.1) is 11.3 Å². The Morgan fingerprint density at radius 1 is 0.556 bits per heavy atom. The molecule has 1 aromatic heterocycles. The van der Waals surface area contributed by atoms with E-state index in [1.807, 2.05) is 11.3 Å². The molecule has 0 atom stereocenters. The van der Waals surface area contributed by atoms with E-state index < -0.39 is 0 Å². The summed E-state index contributed by atoms with van der Waals surface area (Å²) in [5.74, 6) is 1.95. The van der Waals surface area contributed by atoms with Crippen molar-refractivity contribution in [2.75, 3.05) is 9.80 Å². The lowest BCUT2D eigenvalue weighted by Crippen LogP contribution is -2.59. The van der Waals surface area contributed by atoms with Gasteiger partial charge < -0.3 is 14.5 Å². The lowest BCUT2D eigenvalue weighted by molar-refractivity contribution is 0.402. The highest BCUT2D eigenvalue weighted by atomic mass is 32.1. The molecule has 3 nitrogen and oxygen atoms in total. The fraction of sp³-hybridized carbons (Fsp3) is 0.143. The Kier molecular flexibility index (Phi) is 6.68. The number of rotatable bonds is 4. The van der Waals surface area contributed by atoms with E-state index in [1.165, 1.54) is 59.1 Å². The molecule has 0 spiro atoms. The van der Waals surface area contributed by atoms with Crippen molar-refractivity contribution >= 4 is 88.7 Å².